The van der Waals surface area contributed by atoms with Gasteiger partial charge >= 0.3 is 0 Å². The fraction of sp³-hybridized carbons (Fsp3) is 0.304. The predicted molar refractivity (Wildman–Crippen MR) is 112 cm³/mol. The molecule has 2 aromatic carbocycles. The second-order valence-corrected chi connectivity index (χ2v) is 6.97. The number of rotatable bonds is 7. The van der Waals surface area contributed by atoms with Crippen LogP contribution in [0.15, 0.2) is 48.0 Å². The van der Waals surface area contributed by atoms with E-state index >= 15 is 0 Å². The fourth-order valence-corrected chi connectivity index (χ4v) is 3.54. The van der Waals surface area contributed by atoms with Crippen molar-refractivity contribution in [3.05, 3.63) is 64.7 Å². The summed E-state index contributed by atoms with van der Waals surface area (Å²) >= 11 is 0. The van der Waals surface area contributed by atoms with Crippen LogP contribution in [0.2, 0.25) is 0 Å². The number of aliphatic hydroxyl groups is 1. The van der Waals surface area contributed by atoms with E-state index < -0.39 is 17.7 Å². The third-order valence-corrected chi connectivity index (χ3v) is 5.12. The topological polar surface area (TPSA) is 85.3 Å². The van der Waals surface area contributed by atoms with E-state index in [1.165, 1.54) is 26.2 Å². The summed E-state index contributed by atoms with van der Waals surface area (Å²) in [5.41, 5.74) is 2.14. The molecule has 3 rings (SSSR count). The lowest BCUT2D eigenvalue weighted by Gasteiger charge is -2.25. The molecule has 1 unspecified atom stereocenters. The number of aliphatic hydroxyl groups excluding tert-OH is 1. The summed E-state index contributed by atoms with van der Waals surface area (Å²) in [5.74, 6) is -0.645. The molecule has 0 bridgehead atoms. The number of Topliss-reactive ketones (excluding diaryl/α,β-unsaturated/α-hetero) is 1. The number of nitrogens with zero attached hydrogens (tertiary/aromatic N) is 1. The normalized spacial score (nSPS) is 18.0. The first kappa shape index (κ1) is 21.4. The Balaban J connectivity index is 2.18. The average Bonchev–Trinajstić information content (AvgIpc) is 3.01. The van der Waals surface area contributed by atoms with E-state index in [1.54, 1.807) is 30.3 Å². The number of aryl methyl sites for hydroxylation is 1. The van der Waals surface area contributed by atoms with Gasteiger partial charge in [0.05, 0.1) is 32.4 Å². The van der Waals surface area contributed by atoms with Gasteiger partial charge in [-0.15, -0.1) is 0 Å². The van der Waals surface area contributed by atoms with Crippen molar-refractivity contribution in [2.45, 2.75) is 13.0 Å². The summed E-state index contributed by atoms with van der Waals surface area (Å²) in [5, 5.41) is 11.0. The van der Waals surface area contributed by atoms with E-state index in [9.17, 15) is 14.7 Å². The van der Waals surface area contributed by atoms with Crippen molar-refractivity contribution in [1.82, 2.24) is 4.90 Å². The fourth-order valence-electron chi connectivity index (χ4n) is 3.54. The van der Waals surface area contributed by atoms with E-state index in [0.29, 0.717) is 22.6 Å². The van der Waals surface area contributed by atoms with Crippen LogP contribution in [0, 0.1) is 6.92 Å². The van der Waals surface area contributed by atoms with Crippen molar-refractivity contribution in [1.29, 1.82) is 0 Å². The molecule has 158 valence electrons. The summed E-state index contributed by atoms with van der Waals surface area (Å²) < 4.78 is 15.8. The molecule has 1 aliphatic heterocycles. The molecule has 7 heteroatoms. The van der Waals surface area contributed by atoms with Gasteiger partial charge in [0.15, 0.2) is 11.5 Å². The van der Waals surface area contributed by atoms with E-state index in [4.69, 9.17) is 14.2 Å². The molecule has 0 radical (unpaired) electrons. The van der Waals surface area contributed by atoms with Crippen molar-refractivity contribution in [2.24, 2.45) is 0 Å². The van der Waals surface area contributed by atoms with Gasteiger partial charge in [-0.1, -0.05) is 35.9 Å². The monoisotopic (exact) mass is 411 g/mol. The highest BCUT2D eigenvalue weighted by Gasteiger charge is 2.46. The van der Waals surface area contributed by atoms with E-state index in [-0.39, 0.29) is 24.5 Å². The average molecular weight is 411 g/mol. The minimum Gasteiger partial charge on any atom is -0.507 e. The van der Waals surface area contributed by atoms with E-state index in [1.807, 2.05) is 19.1 Å². The highest BCUT2D eigenvalue weighted by atomic mass is 16.5. The van der Waals surface area contributed by atoms with Crippen LogP contribution < -0.4 is 9.47 Å². The Morgan fingerprint density at radius 2 is 1.67 bits per heavy atom. The molecular weight excluding hydrogens is 386 g/mol. The number of carbonyl (C=O) groups is 2. The highest BCUT2D eigenvalue weighted by molar-refractivity contribution is 6.46. The van der Waals surface area contributed by atoms with Crippen molar-refractivity contribution in [3.63, 3.8) is 0 Å². The maximum Gasteiger partial charge on any atom is 0.295 e. The molecule has 1 atom stereocenters. The Morgan fingerprint density at radius 3 is 2.27 bits per heavy atom. The van der Waals surface area contributed by atoms with Crippen LogP contribution in [0.5, 0.6) is 11.5 Å². The van der Waals surface area contributed by atoms with Crippen molar-refractivity contribution in [2.75, 3.05) is 34.5 Å². The quantitative estimate of drug-likeness (QED) is 0.428. The Hall–Kier alpha value is -3.32. The van der Waals surface area contributed by atoms with E-state index in [0.717, 1.165) is 5.56 Å². The molecule has 0 saturated carbocycles. The third kappa shape index (κ3) is 3.89. The van der Waals surface area contributed by atoms with Crippen LogP contribution >= 0.6 is 0 Å². The number of hydrogen-bond donors (Lipinski definition) is 1. The molecule has 1 saturated heterocycles. The lowest BCUT2D eigenvalue weighted by molar-refractivity contribution is -0.140. The van der Waals surface area contributed by atoms with Crippen LogP contribution in [0.4, 0.5) is 0 Å². The molecule has 0 spiro atoms. The lowest BCUT2D eigenvalue weighted by atomic mass is 9.94. The van der Waals surface area contributed by atoms with Gasteiger partial charge in [0, 0.05) is 19.2 Å². The number of amides is 1. The Bertz CT molecular complexity index is 980. The summed E-state index contributed by atoms with van der Waals surface area (Å²) in [6.07, 6.45) is 0. The van der Waals surface area contributed by atoms with Crippen LogP contribution in [0.3, 0.4) is 0 Å². The van der Waals surface area contributed by atoms with Gasteiger partial charge in [0.1, 0.15) is 5.76 Å². The number of methoxy groups -OCH3 is 3. The van der Waals surface area contributed by atoms with Crippen LogP contribution in [-0.4, -0.2) is 56.2 Å². The number of ketones is 1. The summed E-state index contributed by atoms with van der Waals surface area (Å²) in [4.78, 5) is 27.1. The number of ether oxygens (including phenoxy) is 3. The Labute approximate surface area is 175 Å². The Kier molecular flexibility index (Phi) is 6.42. The lowest BCUT2D eigenvalue weighted by Crippen LogP contribution is -2.32. The van der Waals surface area contributed by atoms with Gasteiger partial charge in [-0.25, -0.2) is 0 Å². The molecule has 1 amide bonds. The summed E-state index contributed by atoms with van der Waals surface area (Å²) in [6, 6.07) is 11.5. The highest BCUT2D eigenvalue weighted by Crippen LogP contribution is 2.41. The first-order valence-electron chi connectivity index (χ1n) is 9.49. The molecule has 2 aromatic rings. The van der Waals surface area contributed by atoms with Gasteiger partial charge in [0.25, 0.3) is 11.7 Å². The van der Waals surface area contributed by atoms with Crippen molar-refractivity contribution >= 4 is 17.4 Å². The number of likely N-dealkylation sites (tertiary alicyclic amines) is 1. The zero-order chi connectivity index (χ0) is 21.8. The molecule has 7 nitrogen and oxygen atoms in total. The maximum absolute atomic E-state index is 12.9. The van der Waals surface area contributed by atoms with Crippen LogP contribution in [-0.2, 0) is 14.3 Å². The van der Waals surface area contributed by atoms with Crippen molar-refractivity contribution in [3.8, 4) is 11.5 Å². The molecule has 1 N–H and O–H groups in total. The largest absolute Gasteiger partial charge is 0.507 e. The maximum atomic E-state index is 12.9. The number of hydrogen-bond acceptors (Lipinski definition) is 6. The standard InChI is InChI=1S/C23H25NO6/c1-14-5-7-15(8-6-14)21(25)19-20(24(11-12-28-2)23(27)22(19)26)16-9-10-17(29-3)18(13-16)30-4/h5-10,13,20,25H,11-12H2,1-4H3/b21-19+. The second kappa shape index (κ2) is 9.00. The predicted octanol–water partition coefficient (Wildman–Crippen LogP) is 3.08. The SMILES string of the molecule is COCCN1C(=O)C(=O)/C(=C(/O)c2ccc(C)cc2)C1c1ccc(OC)c(OC)c1. The van der Waals surface area contributed by atoms with Crippen molar-refractivity contribution < 1.29 is 28.9 Å². The minimum atomic E-state index is -0.777. The molecule has 30 heavy (non-hydrogen) atoms. The first-order chi connectivity index (χ1) is 14.4. The first-order valence-corrected chi connectivity index (χ1v) is 9.49. The van der Waals surface area contributed by atoms with Gasteiger partial charge in [-0.3, -0.25) is 9.59 Å². The number of carbonyl (C=O) groups excluding carboxylic acids is 2. The number of benzene rings is 2. The second-order valence-electron chi connectivity index (χ2n) is 6.97. The van der Waals surface area contributed by atoms with Gasteiger partial charge in [-0.2, -0.15) is 0 Å². The minimum absolute atomic E-state index is 0.0344. The molecule has 1 aliphatic rings. The summed E-state index contributed by atoms with van der Waals surface area (Å²) in [6.45, 7) is 2.38. The van der Waals surface area contributed by atoms with E-state index in [2.05, 4.69) is 0 Å². The zero-order valence-electron chi connectivity index (χ0n) is 17.5. The van der Waals surface area contributed by atoms with Gasteiger partial charge in [-0.05, 0) is 24.6 Å². The molecule has 0 aliphatic carbocycles. The van der Waals surface area contributed by atoms with Gasteiger partial charge < -0.3 is 24.2 Å². The van der Waals surface area contributed by atoms with Crippen LogP contribution in [0.25, 0.3) is 5.76 Å². The smallest absolute Gasteiger partial charge is 0.295 e. The van der Waals surface area contributed by atoms with Gasteiger partial charge in [0.2, 0.25) is 0 Å². The summed E-state index contributed by atoms with van der Waals surface area (Å²) in [7, 11) is 4.56. The third-order valence-electron chi connectivity index (χ3n) is 5.12. The molecule has 0 aromatic heterocycles. The Morgan fingerprint density at radius 1 is 1.00 bits per heavy atom. The molecule has 1 fully saturated rings. The zero-order valence-corrected chi connectivity index (χ0v) is 17.5. The molecular formula is C23H25NO6. The van der Waals surface area contributed by atoms with Crippen LogP contribution in [0.1, 0.15) is 22.7 Å². The molecule has 1 heterocycles.